The van der Waals surface area contributed by atoms with Crippen molar-refractivity contribution < 1.29 is 27.2 Å². The summed E-state index contributed by atoms with van der Waals surface area (Å²) in [6.07, 6.45) is -1.61. The second-order valence-electron chi connectivity index (χ2n) is 10.8. The summed E-state index contributed by atoms with van der Waals surface area (Å²) in [4.78, 5) is 35.8. The number of H-pyrrole nitrogens is 1. The lowest BCUT2D eigenvalue weighted by Gasteiger charge is -2.39. The SMILES string of the molecule is CN1C(=O)c2c([nH]c(-c3ccnc(NC(=O)C(CC(F)F)c4ccc(F)cc4)c3)c2Nc2ccccc2F)CC1(C)C. The normalized spacial score (nSPS) is 15.0. The molecule has 0 saturated carbocycles. The molecule has 11 heteroatoms. The average Bonchev–Trinajstić information content (AvgIpc) is 3.29. The predicted octanol–water partition coefficient (Wildman–Crippen LogP) is 6.88. The number of rotatable bonds is 8. The number of alkyl halides is 2. The van der Waals surface area contributed by atoms with Gasteiger partial charge in [0.05, 0.1) is 28.6 Å². The van der Waals surface area contributed by atoms with Crippen molar-refractivity contribution in [3.63, 3.8) is 0 Å². The maximum Gasteiger partial charge on any atom is 0.258 e. The van der Waals surface area contributed by atoms with E-state index >= 15 is 0 Å². The van der Waals surface area contributed by atoms with Crippen LogP contribution >= 0.6 is 0 Å². The molecule has 2 aromatic heterocycles. The van der Waals surface area contributed by atoms with Crippen LogP contribution in [0.25, 0.3) is 11.3 Å². The Labute approximate surface area is 240 Å². The molecule has 7 nitrogen and oxygen atoms in total. The minimum absolute atomic E-state index is 0.0760. The maximum atomic E-state index is 14.7. The molecule has 3 N–H and O–H groups in total. The minimum atomic E-state index is -2.78. The van der Waals surface area contributed by atoms with Crippen LogP contribution in [0.15, 0.2) is 66.9 Å². The fourth-order valence-corrected chi connectivity index (χ4v) is 5.09. The molecule has 2 amide bonds. The number of para-hydroxylation sites is 1. The summed E-state index contributed by atoms with van der Waals surface area (Å²) in [5.41, 5.74) is 2.27. The van der Waals surface area contributed by atoms with Gasteiger partial charge in [-0.2, -0.15) is 0 Å². The summed E-state index contributed by atoms with van der Waals surface area (Å²) in [6, 6.07) is 14.1. The first-order valence-electron chi connectivity index (χ1n) is 13.3. The number of benzene rings is 2. The molecule has 2 aromatic carbocycles. The number of carbonyl (C=O) groups is 2. The van der Waals surface area contributed by atoms with E-state index in [1.807, 2.05) is 13.8 Å². The maximum absolute atomic E-state index is 14.7. The van der Waals surface area contributed by atoms with Crippen LogP contribution in [0.1, 0.15) is 47.8 Å². The van der Waals surface area contributed by atoms with Gasteiger partial charge in [0.15, 0.2) is 0 Å². The third kappa shape index (κ3) is 5.72. The first kappa shape index (κ1) is 28.8. The number of anilines is 3. The molecule has 1 atom stereocenters. The third-order valence-corrected chi connectivity index (χ3v) is 7.55. The van der Waals surface area contributed by atoms with Crippen molar-refractivity contribution in [2.24, 2.45) is 0 Å². The number of amides is 2. The lowest BCUT2D eigenvalue weighted by Crippen LogP contribution is -2.50. The van der Waals surface area contributed by atoms with Gasteiger partial charge in [0.1, 0.15) is 17.5 Å². The van der Waals surface area contributed by atoms with Crippen molar-refractivity contribution >= 4 is 29.0 Å². The Bertz CT molecular complexity index is 1630. The summed E-state index contributed by atoms with van der Waals surface area (Å²) in [5.74, 6) is -3.22. The van der Waals surface area contributed by atoms with Crippen molar-refractivity contribution in [3.8, 4) is 11.3 Å². The molecule has 0 saturated heterocycles. The topological polar surface area (TPSA) is 90.1 Å². The average molecular weight is 580 g/mol. The van der Waals surface area contributed by atoms with E-state index in [0.29, 0.717) is 34.6 Å². The zero-order chi connectivity index (χ0) is 30.2. The monoisotopic (exact) mass is 579 g/mol. The van der Waals surface area contributed by atoms with Crippen LogP contribution < -0.4 is 10.6 Å². The highest BCUT2D eigenvalue weighted by molar-refractivity contribution is 6.06. The predicted molar refractivity (Wildman–Crippen MR) is 152 cm³/mol. The van der Waals surface area contributed by atoms with Gasteiger partial charge in [0.25, 0.3) is 5.91 Å². The molecule has 0 aliphatic carbocycles. The van der Waals surface area contributed by atoms with Crippen molar-refractivity contribution in [1.29, 1.82) is 0 Å². The van der Waals surface area contributed by atoms with Gasteiger partial charge in [0, 0.05) is 42.9 Å². The van der Waals surface area contributed by atoms with Crippen LogP contribution in [0.5, 0.6) is 0 Å². The Balaban J connectivity index is 1.53. The first-order chi connectivity index (χ1) is 19.9. The number of aromatic amines is 1. The van der Waals surface area contributed by atoms with Crippen LogP contribution in [-0.2, 0) is 11.2 Å². The molecule has 3 heterocycles. The van der Waals surface area contributed by atoms with Crippen LogP contribution in [-0.4, -0.2) is 45.7 Å². The molecule has 0 bridgehead atoms. The van der Waals surface area contributed by atoms with Crippen LogP contribution in [0.3, 0.4) is 0 Å². The molecule has 0 spiro atoms. The Morgan fingerprint density at radius 1 is 1.10 bits per heavy atom. The first-order valence-corrected chi connectivity index (χ1v) is 13.3. The Kier molecular flexibility index (Phi) is 7.77. The van der Waals surface area contributed by atoms with Gasteiger partial charge in [-0.15, -0.1) is 0 Å². The summed E-state index contributed by atoms with van der Waals surface area (Å²) < 4.78 is 54.8. The summed E-state index contributed by atoms with van der Waals surface area (Å²) in [6.45, 7) is 3.88. The minimum Gasteiger partial charge on any atom is -0.356 e. The Hall–Kier alpha value is -4.67. The molecule has 218 valence electrons. The van der Waals surface area contributed by atoms with E-state index in [4.69, 9.17) is 0 Å². The van der Waals surface area contributed by atoms with Crippen LogP contribution in [0, 0.1) is 11.6 Å². The number of halogens is 4. The smallest absolute Gasteiger partial charge is 0.258 e. The lowest BCUT2D eigenvalue weighted by atomic mass is 9.89. The van der Waals surface area contributed by atoms with E-state index in [0.717, 1.165) is 12.1 Å². The number of aromatic nitrogens is 2. The number of hydrogen-bond donors (Lipinski definition) is 3. The van der Waals surface area contributed by atoms with Gasteiger partial charge < -0.3 is 20.5 Å². The van der Waals surface area contributed by atoms with Crippen molar-refractivity contribution in [2.45, 2.75) is 44.6 Å². The summed E-state index contributed by atoms with van der Waals surface area (Å²) >= 11 is 0. The number of pyridine rings is 1. The van der Waals surface area contributed by atoms with Crippen LogP contribution in [0.2, 0.25) is 0 Å². The fraction of sp³-hybridized carbons (Fsp3) is 0.258. The highest BCUT2D eigenvalue weighted by Crippen LogP contribution is 2.41. The molecule has 1 aliphatic rings. The van der Waals surface area contributed by atoms with Crippen LogP contribution in [0.4, 0.5) is 34.8 Å². The molecule has 0 radical (unpaired) electrons. The van der Waals surface area contributed by atoms with Crippen molar-refractivity contribution in [2.75, 3.05) is 17.7 Å². The van der Waals surface area contributed by atoms with E-state index in [1.54, 1.807) is 36.2 Å². The van der Waals surface area contributed by atoms with Gasteiger partial charge in [-0.3, -0.25) is 9.59 Å². The number of nitrogens with one attached hydrogen (secondary N) is 3. The molecular weight excluding hydrogens is 550 g/mol. The number of fused-ring (bicyclic) bond motifs is 1. The van der Waals surface area contributed by atoms with E-state index in [1.165, 1.54) is 30.5 Å². The molecule has 1 aliphatic heterocycles. The van der Waals surface area contributed by atoms with Gasteiger partial charge in [-0.1, -0.05) is 24.3 Å². The highest BCUT2D eigenvalue weighted by atomic mass is 19.3. The fourth-order valence-electron chi connectivity index (χ4n) is 5.09. The number of likely N-dealkylation sites (N-methyl/N-ethyl adjacent to an activating group) is 1. The lowest BCUT2D eigenvalue weighted by molar-refractivity contribution is -0.118. The quantitative estimate of drug-likeness (QED) is 0.199. The van der Waals surface area contributed by atoms with Gasteiger partial charge in [-0.05, 0) is 55.8 Å². The van der Waals surface area contributed by atoms with E-state index in [9.17, 15) is 27.2 Å². The van der Waals surface area contributed by atoms with E-state index in [-0.39, 0.29) is 23.0 Å². The van der Waals surface area contributed by atoms with Crippen molar-refractivity contribution in [3.05, 3.63) is 95.3 Å². The number of carbonyl (C=O) groups excluding carboxylic acids is 2. The Morgan fingerprint density at radius 3 is 2.50 bits per heavy atom. The summed E-state index contributed by atoms with van der Waals surface area (Å²) in [5, 5.41) is 5.67. The second kappa shape index (κ2) is 11.3. The van der Waals surface area contributed by atoms with Gasteiger partial charge in [0.2, 0.25) is 12.3 Å². The zero-order valence-corrected chi connectivity index (χ0v) is 23.1. The van der Waals surface area contributed by atoms with Gasteiger partial charge >= 0.3 is 0 Å². The number of nitrogens with zero attached hydrogens (tertiary/aromatic N) is 2. The standard InChI is InChI=1S/C31H29F4N5O2/c1-31(2)16-23-26(30(42)40(31)3)28(37-22-7-5-4-6-21(22)33)27(38-23)18-12-13-36-25(14-18)39-29(41)20(15-24(34)35)17-8-10-19(32)11-9-17/h4-14,20,24,37-38H,15-16H2,1-3H3,(H,36,39,41). The Morgan fingerprint density at radius 2 is 1.81 bits per heavy atom. The van der Waals surface area contributed by atoms with E-state index in [2.05, 4.69) is 20.6 Å². The zero-order valence-electron chi connectivity index (χ0n) is 23.1. The molecule has 4 aromatic rings. The molecule has 42 heavy (non-hydrogen) atoms. The van der Waals surface area contributed by atoms with Gasteiger partial charge in [-0.25, -0.2) is 22.5 Å². The molecule has 0 fully saturated rings. The largest absolute Gasteiger partial charge is 0.356 e. The second-order valence-corrected chi connectivity index (χ2v) is 10.8. The third-order valence-electron chi connectivity index (χ3n) is 7.55. The molecule has 5 rings (SSSR count). The molecular formula is C31H29F4N5O2. The van der Waals surface area contributed by atoms with E-state index < -0.39 is 41.8 Å². The number of hydrogen-bond acceptors (Lipinski definition) is 4. The molecule has 1 unspecified atom stereocenters. The summed E-state index contributed by atoms with van der Waals surface area (Å²) in [7, 11) is 1.71. The van der Waals surface area contributed by atoms with Crippen molar-refractivity contribution in [1.82, 2.24) is 14.9 Å². The highest BCUT2D eigenvalue weighted by Gasteiger charge is 2.40.